The molecule has 1 aliphatic carbocycles. The van der Waals surface area contributed by atoms with E-state index in [1.165, 1.54) is 11.1 Å². The number of thiophene rings is 1. The van der Waals surface area contributed by atoms with Gasteiger partial charge in [0.1, 0.15) is 0 Å². The van der Waals surface area contributed by atoms with Crippen LogP contribution in [0.3, 0.4) is 0 Å². The summed E-state index contributed by atoms with van der Waals surface area (Å²) in [5.74, 6) is 0.0678. The van der Waals surface area contributed by atoms with E-state index in [0.717, 1.165) is 55.4 Å². The zero-order chi connectivity index (χ0) is 16.4. The van der Waals surface area contributed by atoms with Crippen molar-refractivity contribution in [3.05, 3.63) is 46.8 Å². The van der Waals surface area contributed by atoms with Gasteiger partial charge < -0.3 is 10.1 Å². The molecule has 1 amide bonds. The van der Waals surface area contributed by atoms with Crippen molar-refractivity contribution in [2.45, 2.75) is 25.4 Å². The molecule has 126 valence electrons. The van der Waals surface area contributed by atoms with Crippen molar-refractivity contribution in [3.63, 3.8) is 0 Å². The van der Waals surface area contributed by atoms with Gasteiger partial charge in [0.15, 0.2) is 0 Å². The molecule has 2 fully saturated rings. The number of ether oxygens (including phenoxy) is 1. The molecule has 1 aromatic carbocycles. The highest BCUT2D eigenvalue weighted by Crippen LogP contribution is 2.30. The van der Waals surface area contributed by atoms with Gasteiger partial charge in [0.2, 0.25) is 0 Å². The summed E-state index contributed by atoms with van der Waals surface area (Å²) < 4.78 is 5.41. The Balaban J connectivity index is 1.46. The first kappa shape index (κ1) is 15.8. The lowest BCUT2D eigenvalue weighted by atomic mass is 10.1. The average Bonchev–Trinajstić information content (AvgIpc) is 3.27. The summed E-state index contributed by atoms with van der Waals surface area (Å²) in [5.41, 5.74) is 2.50. The molecule has 0 radical (unpaired) electrons. The van der Waals surface area contributed by atoms with E-state index in [1.807, 2.05) is 6.07 Å². The second-order valence-corrected chi connectivity index (χ2v) is 7.58. The normalized spacial score (nSPS) is 18.5. The minimum Gasteiger partial charge on any atom is -0.379 e. The number of carbonyl (C=O) groups is 1. The van der Waals surface area contributed by atoms with Crippen LogP contribution < -0.4 is 5.32 Å². The molecule has 0 spiro atoms. The molecule has 0 atom stereocenters. The van der Waals surface area contributed by atoms with Gasteiger partial charge >= 0.3 is 0 Å². The van der Waals surface area contributed by atoms with E-state index in [2.05, 4.69) is 40.5 Å². The number of benzene rings is 1. The number of hydrogen-bond acceptors (Lipinski definition) is 4. The standard InChI is InChI=1S/C19H22N2O2S/c22-19(20-16-4-5-16)18-7-6-17(24-18)15-3-1-2-14(12-15)13-21-8-10-23-11-9-21/h1-3,6-7,12,16H,4-5,8-11,13H2,(H,20,22). The zero-order valence-corrected chi connectivity index (χ0v) is 14.5. The lowest BCUT2D eigenvalue weighted by molar-refractivity contribution is 0.0342. The second kappa shape index (κ2) is 7.05. The average molecular weight is 342 g/mol. The van der Waals surface area contributed by atoms with Crippen LogP contribution in [0.4, 0.5) is 0 Å². The van der Waals surface area contributed by atoms with Crippen molar-refractivity contribution < 1.29 is 9.53 Å². The van der Waals surface area contributed by atoms with Crippen LogP contribution in [-0.2, 0) is 11.3 Å². The molecule has 1 N–H and O–H groups in total. The summed E-state index contributed by atoms with van der Waals surface area (Å²) in [6.07, 6.45) is 2.24. The van der Waals surface area contributed by atoms with E-state index in [1.54, 1.807) is 11.3 Å². The first-order chi connectivity index (χ1) is 11.8. The molecule has 5 heteroatoms. The van der Waals surface area contributed by atoms with Crippen LogP contribution in [0.1, 0.15) is 28.1 Å². The molecule has 1 saturated carbocycles. The molecule has 4 nitrogen and oxygen atoms in total. The molecule has 24 heavy (non-hydrogen) atoms. The fourth-order valence-corrected chi connectivity index (χ4v) is 3.85. The molecule has 4 rings (SSSR count). The Morgan fingerprint density at radius 2 is 2.04 bits per heavy atom. The Morgan fingerprint density at radius 1 is 1.21 bits per heavy atom. The highest BCUT2D eigenvalue weighted by atomic mass is 32.1. The lowest BCUT2D eigenvalue weighted by Gasteiger charge is -2.26. The number of nitrogens with one attached hydrogen (secondary N) is 1. The third-order valence-electron chi connectivity index (χ3n) is 4.46. The molecule has 0 unspecified atom stereocenters. The van der Waals surface area contributed by atoms with Gasteiger partial charge in [0, 0.05) is 30.6 Å². The van der Waals surface area contributed by atoms with Crippen molar-refractivity contribution >= 4 is 17.2 Å². The van der Waals surface area contributed by atoms with Crippen LogP contribution in [0.5, 0.6) is 0 Å². The maximum Gasteiger partial charge on any atom is 0.261 e. The molecule has 2 heterocycles. The van der Waals surface area contributed by atoms with Crippen LogP contribution in [0, 0.1) is 0 Å². The molecular weight excluding hydrogens is 320 g/mol. The van der Waals surface area contributed by atoms with Gasteiger partial charge in [0.25, 0.3) is 5.91 Å². The van der Waals surface area contributed by atoms with Gasteiger partial charge in [-0.15, -0.1) is 11.3 Å². The maximum atomic E-state index is 12.2. The van der Waals surface area contributed by atoms with Gasteiger partial charge in [-0.2, -0.15) is 0 Å². The topological polar surface area (TPSA) is 41.6 Å². The van der Waals surface area contributed by atoms with E-state index in [4.69, 9.17) is 4.74 Å². The Kier molecular flexibility index (Phi) is 4.65. The van der Waals surface area contributed by atoms with E-state index in [0.29, 0.717) is 6.04 Å². The number of morpholine rings is 1. The van der Waals surface area contributed by atoms with E-state index in [9.17, 15) is 4.79 Å². The van der Waals surface area contributed by atoms with Gasteiger partial charge in [-0.3, -0.25) is 9.69 Å². The summed E-state index contributed by atoms with van der Waals surface area (Å²) in [6, 6.07) is 13.0. The fourth-order valence-electron chi connectivity index (χ4n) is 2.94. The monoisotopic (exact) mass is 342 g/mol. The van der Waals surface area contributed by atoms with Crippen molar-refractivity contribution in [1.29, 1.82) is 0 Å². The molecule has 0 bridgehead atoms. The third-order valence-corrected chi connectivity index (χ3v) is 5.60. The highest BCUT2D eigenvalue weighted by Gasteiger charge is 2.24. The van der Waals surface area contributed by atoms with Crippen molar-refractivity contribution in [3.8, 4) is 10.4 Å². The Hall–Kier alpha value is -1.69. The van der Waals surface area contributed by atoms with Crippen LogP contribution in [0.25, 0.3) is 10.4 Å². The minimum atomic E-state index is 0.0678. The SMILES string of the molecule is O=C(NC1CC1)c1ccc(-c2cccc(CN3CCOCC3)c2)s1. The number of rotatable bonds is 5. The van der Waals surface area contributed by atoms with Crippen LogP contribution in [0.2, 0.25) is 0 Å². The molecule has 2 aliphatic rings. The predicted octanol–water partition coefficient (Wildman–Crippen LogP) is 3.14. The Labute approximate surface area is 146 Å². The van der Waals surface area contributed by atoms with Crippen molar-refractivity contribution in [2.75, 3.05) is 26.3 Å². The first-order valence-corrected chi connectivity index (χ1v) is 9.40. The Bertz CT molecular complexity index is 718. The van der Waals surface area contributed by atoms with Gasteiger partial charge in [-0.25, -0.2) is 0 Å². The van der Waals surface area contributed by atoms with Crippen LogP contribution >= 0.6 is 11.3 Å². The van der Waals surface area contributed by atoms with E-state index >= 15 is 0 Å². The largest absolute Gasteiger partial charge is 0.379 e. The summed E-state index contributed by atoms with van der Waals surface area (Å²) in [4.78, 5) is 16.5. The summed E-state index contributed by atoms with van der Waals surface area (Å²) in [7, 11) is 0. The third kappa shape index (κ3) is 3.86. The second-order valence-electron chi connectivity index (χ2n) is 6.50. The predicted molar refractivity (Wildman–Crippen MR) is 96.3 cm³/mol. The summed E-state index contributed by atoms with van der Waals surface area (Å²) in [5, 5.41) is 3.05. The maximum absolute atomic E-state index is 12.2. The number of carbonyl (C=O) groups excluding carboxylic acids is 1. The smallest absolute Gasteiger partial charge is 0.261 e. The summed E-state index contributed by atoms with van der Waals surface area (Å²) >= 11 is 1.57. The summed E-state index contributed by atoms with van der Waals surface area (Å²) in [6.45, 7) is 4.59. The van der Waals surface area contributed by atoms with Gasteiger partial charge in [-0.05, 0) is 42.2 Å². The molecular formula is C19H22N2O2S. The number of hydrogen-bond donors (Lipinski definition) is 1. The van der Waals surface area contributed by atoms with Gasteiger partial charge in [-0.1, -0.05) is 18.2 Å². The van der Waals surface area contributed by atoms with E-state index < -0.39 is 0 Å². The quantitative estimate of drug-likeness (QED) is 0.908. The van der Waals surface area contributed by atoms with Crippen molar-refractivity contribution in [2.24, 2.45) is 0 Å². The highest BCUT2D eigenvalue weighted by molar-refractivity contribution is 7.17. The molecule has 1 aromatic heterocycles. The lowest BCUT2D eigenvalue weighted by Crippen LogP contribution is -2.35. The molecule has 1 saturated heterocycles. The van der Waals surface area contributed by atoms with Crippen molar-refractivity contribution in [1.82, 2.24) is 10.2 Å². The van der Waals surface area contributed by atoms with E-state index in [-0.39, 0.29) is 5.91 Å². The molecule has 2 aromatic rings. The van der Waals surface area contributed by atoms with Crippen LogP contribution in [-0.4, -0.2) is 43.2 Å². The number of nitrogens with zero attached hydrogens (tertiary/aromatic N) is 1. The molecule has 1 aliphatic heterocycles. The minimum absolute atomic E-state index is 0.0678. The van der Waals surface area contributed by atoms with Crippen LogP contribution in [0.15, 0.2) is 36.4 Å². The van der Waals surface area contributed by atoms with Gasteiger partial charge in [0.05, 0.1) is 18.1 Å². The fraction of sp³-hybridized carbons (Fsp3) is 0.421. The zero-order valence-electron chi connectivity index (χ0n) is 13.7. The first-order valence-electron chi connectivity index (χ1n) is 8.58. The number of amides is 1. The Morgan fingerprint density at radius 3 is 2.83 bits per heavy atom.